The minimum absolute atomic E-state index is 0.409. The maximum absolute atomic E-state index is 6.01. The van der Waals surface area contributed by atoms with Crippen molar-refractivity contribution in [3.8, 4) is 5.75 Å². The van der Waals surface area contributed by atoms with Crippen LogP contribution in [0.5, 0.6) is 5.75 Å². The third-order valence-electron chi connectivity index (χ3n) is 3.63. The van der Waals surface area contributed by atoms with Gasteiger partial charge in [0.1, 0.15) is 5.75 Å². The van der Waals surface area contributed by atoms with Gasteiger partial charge in [0, 0.05) is 31.7 Å². The molecule has 0 aromatic heterocycles. The third kappa shape index (κ3) is 3.02. The van der Waals surface area contributed by atoms with Crippen LogP contribution in [0.2, 0.25) is 0 Å². The van der Waals surface area contributed by atoms with E-state index < -0.39 is 0 Å². The Morgan fingerprint density at radius 3 is 2.22 bits per heavy atom. The molecule has 0 aliphatic carbocycles. The number of benzene rings is 1. The predicted octanol–water partition coefficient (Wildman–Crippen LogP) is 1.46. The SMILES string of the molecule is COc1ccc(CN2C[C@@H](C)N(N)[C@@H](C)C2)cc1. The van der Waals surface area contributed by atoms with E-state index in [2.05, 4.69) is 30.9 Å². The minimum atomic E-state index is 0.409. The standard InChI is InChI=1S/C14H23N3O/c1-11-8-16(9-12(2)17(11)15)10-13-4-6-14(18-3)7-5-13/h4-7,11-12H,8-10,15H2,1-3H3/t11-,12+. The maximum atomic E-state index is 6.01. The summed E-state index contributed by atoms with van der Waals surface area (Å²) in [5.74, 6) is 6.91. The Kier molecular flexibility index (Phi) is 4.22. The minimum Gasteiger partial charge on any atom is -0.497 e. The zero-order valence-electron chi connectivity index (χ0n) is 11.5. The molecule has 1 aliphatic heterocycles. The Labute approximate surface area is 109 Å². The summed E-state index contributed by atoms with van der Waals surface area (Å²) in [6.07, 6.45) is 0. The van der Waals surface area contributed by atoms with Crippen LogP contribution >= 0.6 is 0 Å². The fraction of sp³-hybridized carbons (Fsp3) is 0.571. The van der Waals surface area contributed by atoms with Crippen molar-refractivity contribution in [2.75, 3.05) is 20.2 Å². The van der Waals surface area contributed by atoms with Crippen LogP contribution in [0.15, 0.2) is 24.3 Å². The van der Waals surface area contributed by atoms with Gasteiger partial charge in [-0.2, -0.15) is 0 Å². The zero-order valence-corrected chi connectivity index (χ0v) is 11.5. The van der Waals surface area contributed by atoms with E-state index >= 15 is 0 Å². The molecule has 1 aliphatic rings. The van der Waals surface area contributed by atoms with Crippen LogP contribution < -0.4 is 10.6 Å². The fourth-order valence-corrected chi connectivity index (χ4v) is 2.56. The topological polar surface area (TPSA) is 41.7 Å². The van der Waals surface area contributed by atoms with Crippen molar-refractivity contribution in [2.45, 2.75) is 32.5 Å². The highest BCUT2D eigenvalue weighted by Gasteiger charge is 2.26. The molecule has 100 valence electrons. The first-order chi connectivity index (χ1) is 8.60. The summed E-state index contributed by atoms with van der Waals surface area (Å²) in [7, 11) is 1.69. The number of nitrogens with zero attached hydrogens (tertiary/aromatic N) is 2. The van der Waals surface area contributed by atoms with E-state index in [9.17, 15) is 0 Å². The quantitative estimate of drug-likeness (QED) is 0.824. The van der Waals surface area contributed by atoms with Gasteiger partial charge in [-0.05, 0) is 31.5 Å². The van der Waals surface area contributed by atoms with E-state index in [-0.39, 0.29) is 0 Å². The summed E-state index contributed by atoms with van der Waals surface area (Å²) in [5.41, 5.74) is 1.32. The van der Waals surface area contributed by atoms with Gasteiger partial charge in [0.15, 0.2) is 0 Å². The van der Waals surface area contributed by atoms with Crippen LogP contribution in [0, 0.1) is 0 Å². The smallest absolute Gasteiger partial charge is 0.118 e. The molecule has 0 radical (unpaired) electrons. The molecule has 2 atom stereocenters. The van der Waals surface area contributed by atoms with Gasteiger partial charge in [-0.3, -0.25) is 10.7 Å². The van der Waals surface area contributed by atoms with Crippen molar-refractivity contribution in [1.82, 2.24) is 9.91 Å². The van der Waals surface area contributed by atoms with Gasteiger partial charge < -0.3 is 4.74 Å². The summed E-state index contributed by atoms with van der Waals surface area (Å²) < 4.78 is 5.17. The number of hydrogen-bond acceptors (Lipinski definition) is 4. The Hall–Kier alpha value is -1.10. The Morgan fingerprint density at radius 1 is 1.17 bits per heavy atom. The lowest BCUT2D eigenvalue weighted by atomic mass is 10.1. The first-order valence-corrected chi connectivity index (χ1v) is 6.48. The highest BCUT2D eigenvalue weighted by Crippen LogP contribution is 2.17. The second-order valence-corrected chi connectivity index (χ2v) is 5.19. The summed E-state index contributed by atoms with van der Waals surface area (Å²) in [4.78, 5) is 2.46. The number of rotatable bonds is 3. The van der Waals surface area contributed by atoms with Crippen LogP contribution in [0.25, 0.3) is 0 Å². The van der Waals surface area contributed by atoms with Gasteiger partial charge in [0.25, 0.3) is 0 Å². The summed E-state index contributed by atoms with van der Waals surface area (Å²) in [6.45, 7) is 7.37. The van der Waals surface area contributed by atoms with E-state index in [4.69, 9.17) is 10.6 Å². The van der Waals surface area contributed by atoms with E-state index in [1.165, 1.54) is 5.56 Å². The number of nitrogens with two attached hydrogens (primary N) is 1. The lowest BCUT2D eigenvalue weighted by molar-refractivity contribution is 0.0347. The van der Waals surface area contributed by atoms with Crippen molar-refractivity contribution < 1.29 is 4.74 Å². The van der Waals surface area contributed by atoms with Crippen molar-refractivity contribution in [3.05, 3.63) is 29.8 Å². The maximum Gasteiger partial charge on any atom is 0.118 e. The summed E-state index contributed by atoms with van der Waals surface area (Å²) in [5, 5.41) is 1.96. The molecule has 4 nitrogen and oxygen atoms in total. The highest BCUT2D eigenvalue weighted by atomic mass is 16.5. The first-order valence-electron chi connectivity index (χ1n) is 6.48. The average Bonchev–Trinajstić information content (AvgIpc) is 2.37. The van der Waals surface area contributed by atoms with Gasteiger partial charge in [-0.25, -0.2) is 5.01 Å². The molecule has 2 N–H and O–H groups in total. The largest absolute Gasteiger partial charge is 0.497 e. The van der Waals surface area contributed by atoms with Gasteiger partial charge in [-0.1, -0.05) is 12.1 Å². The molecule has 4 heteroatoms. The van der Waals surface area contributed by atoms with Crippen molar-refractivity contribution in [2.24, 2.45) is 5.84 Å². The van der Waals surface area contributed by atoms with Crippen LogP contribution in [0.3, 0.4) is 0 Å². The van der Waals surface area contributed by atoms with Gasteiger partial charge in [0.05, 0.1) is 7.11 Å². The number of methoxy groups -OCH3 is 1. The number of ether oxygens (including phenoxy) is 1. The predicted molar refractivity (Wildman–Crippen MR) is 73.2 cm³/mol. The zero-order chi connectivity index (χ0) is 13.1. The molecule has 1 fully saturated rings. The molecule has 18 heavy (non-hydrogen) atoms. The monoisotopic (exact) mass is 249 g/mol. The molecular formula is C14H23N3O. The molecule has 2 rings (SSSR count). The second-order valence-electron chi connectivity index (χ2n) is 5.19. The normalized spacial score (nSPS) is 26.2. The molecule has 1 aromatic rings. The van der Waals surface area contributed by atoms with Gasteiger partial charge >= 0.3 is 0 Å². The van der Waals surface area contributed by atoms with Crippen LogP contribution in [0.4, 0.5) is 0 Å². The first kappa shape index (κ1) is 13.3. The third-order valence-corrected chi connectivity index (χ3v) is 3.63. The summed E-state index contributed by atoms with van der Waals surface area (Å²) >= 11 is 0. The molecule has 0 amide bonds. The molecule has 1 saturated heterocycles. The second kappa shape index (κ2) is 5.69. The van der Waals surface area contributed by atoms with E-state index in [1.807, 2.05) is 17.1 Å². The molecule has 0 bridgehead atoms. The molecular weight excluding hydrogens is 226 g/mol. The van der Waals surface area contributed by atoms with Crippen molar-refractivity contribution in [3.63, 3.8) is 0 Å². The molecule has 0 spiro atoms. The number of hydrazine groups is 1. The lowest BCUT2D eigenvalue weighted by Gasteiger charge is -2.41. The van der Waals surface area contributed by atoms with E-state index in [1.54, 1.807) is 7.11 Å². The van der Waals surface area contributed by atoms with Gasteiger partial charge in [0.2, 0.25) is 0 Å². The number of hydrogen-bond donors (Lipinski definition) is 1. The van der Waals surface area contributed by atoms with Crippen LogP contribution in [-0.2, 0) is 6.54 Å². The summed E-state index contributed by atoms with van der Waals surface area (Å²) in [6, 6.07) is 9.10. The van der Waals surface area contributed by atoms with Crippen LogP contribution in [0.1, 0.15) is 19.4 Å². The lowest BCUT2D eigenvalue weighted by Crippen LogP contribution is -2.59. The molecule has 0 saturated carbocycles. The Morgan fingerprint density at radius 2 is 1.72 bits per heavy atom. The van der Waals surface area contributed by atoms with E-state index in [0.29, 0.717) is 12.1 Å². The Balaban J connectivity index is 1.96. The van der Waals surface area contributed by atoms with Crippen molar-refractivity contribution in [1.29, 1.82) is 0 Å². The Bertz CT molecular complexity index is 367. The fourth-order valence-electron chi connectivity index (χ4n) is 2.56. The number of piperazine rings is 1. The highest BCUT2D eigenvalue weighted by molar-refractivity contribution is 5.27. The average molecular weight is 249 g/mol. The molecule has 0 unspecified atom stereocenters. The van der Waals surface area contributed by atoms with Gasteiger partial charge in [-0.15, -0.1) is 0 Å². The van der Waals surface area contributed by atoms with Crippen LogP contribution in [-0.4, -0.2) is 42.2 Å². The van der Waals surface area contributed by atoms with Crippen molar-refractivity contribution >= 4 is 0 Å². The molecule has 1 heterocycles. The molecule has 1 aromatic carbocycles. The van der Waals surface area contributed by atoms with E-state index in [0.717, 1.165) is 25.4 Å².